The molecule has 2 saturated heterocycles. The number of nitrogens with one attached hydrogen (secondary N) is 3. The Balaban J connectivity index is 1.23. The summed E-state index contributed by atoms with van der Waals surface area (Å²) in [6.07, 6.45) is 6.48. The molecular weight excluding hydrogens is 513 g/mol. The standard InChI is InChI=1S/C28H34FN9O2/c1-36-11-8-18(9-12-36)38-15-17(29)13-24(38)26(39)32-22-6-4-5-19-20(14-31-25(19)22)21-7-10-30-28(33-21)34-23-16-37(2)35-27(23)40-3/h4-7,10,14,16-18,24,31H,8-9,11-13,15H2,1-3H3,(H,32,39)(H,30,33,34)/t17-,24?/m0/s1. The van der Waals surface area contributed by atoms with E-state index in [0.29, 0.717) is 35.4 Å². The van der Waals surface area contributed by atoms with Crippen molar-refractivity contribution >= 4 is 34.1 Å². The number of amides is 1. The van der Waals surface area contributed by atoms with E-state index in [1.807, 2.05) is 37.5 Å². The van der Waals surface area contributed by atoms with Gasteiger partial charge in [0.15, 0.2) is 0 Å². The Morgan fingerprint density at radius 1 is 1.18 bits per heavy atom. The second-order valence-electron chi connectivity index (χ2n) is 10.6. The number of fused-ring (bicyclic) bond motifs is 1. The number of aryl methyl sites for hydroxylation is 1. The number of halogens is 1. The maximum Gasteiger partial charge on any atom is 0.256 e. The molecule has 11 nitrogen and oxygen atoms in total. The smallest absolute Gasteiger partial charge is 0.256 e. The molecule has 2 atom stereocenters. The molecular formula is C28H34FN9O2. The molecule has 0 radical (unpaired) electrons. The molecule has 0 aliphatic carbocycles. The first kappa shape index (κ1) is 26.2. The predicted molar refractivity (Wildman–Crippen MR) is 152 cm³/mol. The van der Waals surface area contributed by atoms with Gasteiger partial charge in [0.1, 0.15) is 11.9 Å². The maximum absolute atomic E-state index is 14.5. The maximum atomic E-state index is 14.5. The summed E-state index contributed by atoms with van der Waals surface area (Å²) in [5.74, 6) is 0.681. The van der Waals surface area contributed by atoms with E-state index in [0.717, 1.165) is 42.4 Å². The summed E-state index contributed by atoms with van der Waals surface area (Å²) in [5.41, 5.74) is 3.68. The Morgan fingerprint density at radius 3 is 2.80 bits per heavy atom. The van der Waals surface area contributed by atoms with Crippen LogP contribution in [0.1, 0.15) is 19.3 Å². The van der Waals surface area contributed by atoms with E-state index >= 15 is 0 Å². The molecule has 210 valence electrons. The number of alkyl halides is 1. The molecule has 1 amide bonds. The number of hydrogen-bond acceptors (Lipinski definition) is 8. The number of para-hydroxylation sites is 1. The van der Waals surface area contributed by atoms with Crippen molar-refractivity contribution in [3.63, 3.8) is 0 Å². The fourth-order valence-electron chi connectivity index (χ4n) is 5.88. The van der Waals surface area contributed by atoms with Gasteiger partial charge in [-0.3, -0.25) is 14.4 Å². The number of hydrogen-bond donors (Lipinski definition) is 3. The lowest BCUT2D eigenvalue weighted by molar-refractivity contribution is -0.121. The van der Waals surface area contributed by atoms with Crippen LogP contribution in [0.2, 0.25) is 0 Å². The zero-order chi connectivity index (χ0) is 27.8. The van der Waals surface area contributed by atoms with Crippen molar-refractivity contribution in [1.29, 1.82) is 0 Å². The quantitative estimate of drug-likeness (QED) is 0.322. The number of H-pyrrole nitrogens is 1. The number of rotatable bonds is 7. The second-order valence-corrected chi connectivity index (χ2v) is 10.6. The summed E-state index contributed by atoms with van der Waals surface area (Å²) in [4.78, 5) is 30.2. The van der Waals surface area contributed by atoms with Gasteiger partial charge in [-0.05, 0) is 45.1 Å². The van der Waals surface area contributed by atoms with E-state index in [9.17, 15) is 9.18 Å². The number of carbonyl (C=O) groups excluding carboxylic acids is 1. The van der Waals surface area contributed by atoms with Crippen molar-refractivity contribution in [1.82, 2.24) is 34.5 Å². The zero-order valence-corrected chi connectivity index (χ0v) is 22.9. The van der Waals surface area contributed by atoms with Crippen LogP contribution in [0.15, 0.2) is 42.9 Å². The first-order chi connectivity index (χ1) is 19.4. The summed E-state index contributed by atoms with van der Waals surface area (Å²) < 4.78 is 21.5. The largest absolute Gasteiger partial charge is 0.478 e. The summed E-state index contributed by atoms with van der Waals surface area (Å²) in [7, 11) is 5.47. The number of nitrogens with zero attached hydrogens (tertiary/aromatic N) is 6. The first-order valence-electron chi connectivity index (χ1n) is 13.6. The third kappa shape index (κ3) is 5.11. The van der Waals surface area contributed by atoms with E-state index < -0.39 is 12.2 Å². The van der Waals surface area contributed by atoms with Crippen LogP contribution in [0.5, 0.6) is 5.88 Å². The van der Waals surface area contributed by atoms with Gasteiger partial charge in [-0.25, -0.2) is 14.4 Å². The average Bonchev–Trinajstić information content (AvgIpc) is 3.66. The van der Waals surface area contributed by atoms with Crippen molar-refractivity contribution in [2.75, 3.05) is 44.4 Å². The molecule has 3 aromatic heterocycles. The SMILES string of the molecule is COc1nn(C)cc1Nc1nccc(-c2c[nH]c3c(NC(=O)C4C[C@H](F)CN4C4CCN(C)CC4)cccc23)n1. The highest BCUT2D eigenvalue weighted by Gasteiger charge is 2.41. The molecule has 12 heteroatoms. The fourth-order valence-corrected chi connectivity index (χ4v) is 5.88. The van der Waals surface area contributed by atoms with E-state index in [1.165, 1.54) is 0 Å². The summed E-state index contributed by atoms with van der Waals surface area (Å²) in [6, 6.07) is 7.33. The van der Waals surface area contributed by atoms with Crippen molar-refractivity contribution < 1.29 is 13.9 Å². The normalized spacial score (nSPS) is 20.7. The molecule has 2 aliphatic heterocycles. The van der Waals surface area contributed by atoms with Crippen molar-refractivity contribution in [2.45, 2.75) is 37.5 Å². The van der Waals surface area contributed by atoms with Gasteiger partial charge in [-0.2, -0.15) is 0 Å². The van der Waals surface area contributed by atoms with Gasteiger partial charge in [-0.15, -0.1) is 5.10 Å². The van der Waals surface area contributed by atoms with Crippen LogP contribution in [0.3, 0.4) is 0 Å². The molecule has 40 heavy (non-hydrogen) atoms. The Bertz CT molecular complexity index is 1510. The molecule has 0 spiro atoms. The zero-order valence-electron chi connectivity index (χ0n) is 22.9. The molecule has 1 unspecified atom stereocenters. The number of aromatic amines is 1. The third-order valence-electron chi connectivity index (χ3n) is 7.89. The lowest BCUT2D eigenvalue weighted by Gasteiger charge is -2.37. The van der Waals surface area contributed by atoms with E-state index in [4.69, 9.17) is 9.72 Å². The summed E-state index contributed by atoms with van der Waals surface area (Å²) >= 11 is 0. The topological polar surface area (TPSA) is 116 Å². The van der Waals surface area contributed by atoms with Gasteiger partial charge in [0.25, 0.3) is 5.88 Å². The van der Waals surface area contributed by atoms with E-state index in [-0.39, 0.29) is 18.4 Å². The van der Waals surface area contributed by atoms with Crippen molar-refractivity contribution in [3.8, 4) is 17.1 Å². The lowest BCUT2D eigenvalue weighted by atomic mass is 10.0. The minimum atomic E-state index is -0.990. The molecule has 1 aromatic carbocycles. The van der Waals surface area contributed by atoms with Gasteiger partial charge in [0.2, 0.25) is 11.9 Å². The van der Waals surface area contributed by atoms with Gasteiger partial charge >= 0.3 is 0 Å². The summed E-state index contributed by atoms with van der Waals surface area (Å²) in [5, 5.41) is 11.4. The molecule has 3 N–H and O–H groups in total. The fraction of sp³-hybridized carbons (Fsp3) is 0.429. The van der Waals surface area contributed by atoms with Crippen LogP contribution in [0.25, 0.3) is 22.2 Å². The van der Waals surface area contributed by atoms with Crippen molar-refractivity contribution in [2.24, 2.45) is 7.05 Å². The Hall–Kier alpha value is -4.03. The number of carbonyl (C=O) groups is 1. The third-order valence-corrected chi connectivity index (χ3v) is 7.89. The van der Waals surface area contributed by atoms with Gasteiger partial charge in [0.05, 0.1) is 36.2 Å². The molecule has 2 fully saturated rings. The van der Waals surface area contributed by atoms with Crippen LogP contribution in [-0.4, -0.2) is 92.5 Å². The van der Waals surface area contributed by atoms with Crippen LogP contribution in [0, 0.1) is 0 Å². The number of aromatic nitrogens is 5. The molecule has 0 bridgehead atoms. The number of anilines is 3. The number of methoxy groups -OCH3 is 1. The molecule has 2 aliphatic rings. The molecule has 6 rings (SSSR count). The molecule has 5 heterocycles. The van der Waals surface area contributed by atoms with Crippen molar-refractivity contribution in [3.05, 3.63) is 42.9 Å². The lowest BCUT2D eigenvalue weighted by Crippen LogP contribution is -2.49. The van der Waals surface area contributed by atoms with Gasteiger partial charge in [-0.1, -0.05) is 12.1 Å². The number of benzene rings is 1. The van der Waals surface area contributed by atoms with Crippen LogP contribution >= 0.6 is 0 Å². The minimum Gasteiger partial charge on any atom is -0.478 e. The van der Waals surface area contributed by atoms with Crippen LogP contribution in [0.4, 0.5) is 21.7 Å². The Labute approximate surface area is 231 Å². The van der Waals surface area contributed by atoms with Gasteiger partial charge < -0.3 is 25.3 Å². The minimum absolute atomic E-state index is 0.165. The van der Waals surface area contributed by atoms with E-state index in [2.05, 4.69) is 42.5 Å². The second kappa shape index (κ2) is 10.9. The van der Waals surface area contributed by atoms with Crippen LogP contribution < -0.4 is 15.4 Å². The average molecular weight is 548 g/mol. The number of piperidine rings is 1. The van der Waals surface area contributed by atoms with Gasteiger partial charge in [0, 0.05) is 49.4 Å². The molecule has 0 saturated carbocycles. The predicted octanol–water partition coefficient (Wildman–Crippen LogP) is 3.56. The first-order valence-corrected chi connectivity index (χ1v) is 13.6. The molecule has 4 aromatic rings. The Morgan fingerprint density at radius 2 is 2.00 bits per heavy atom. The van der Waals surface area contributed by atoms with Crippen LogP contribution in [-0.2, 0) is 11.8 Å². The monoisotopic (exact) mass is 547 g/mol. The highest BCUT2D eigenvalue weighted by atomic mass is 19.1. The Kier molecular flexibility index (Phi) is 7.11. The van der Waals surface area contributed by atoms with E-state index in [1.54, 1.807) is 24.2 Å². The summed E-state index contributed by atoms with van der Waals surface area (Å²) in [6.45, 7) is 2.25. The highest BCUT2D eigenvalue weighted by Crippen LogP contribution is 2.34. The number of ether oxygens (including phenoxy) is 1. The highest BCUT2D eigenvalue weighted by molar-refractivity contribution is 6.06. The number of likely N-dealkylation sites (tertiary alicyclic amines) is 2.